The summed E-state index contributed by atoms with van der Waals surface area (Å²) in [5.41, 5.74) is 2.83. The normalized spacial score (nSPS) is 11.7. The van der Waals surface area contributed by atoms with E-state index in [1.54, 1.807) is 17.0 Å². The fraction of sp³-hybridized carbons (Fsp3) is 0.417. The van der Waals surface area contributed by atoms with Crippen LogP contribution in [-0.4, -0.2) is 29.3 Å². The van der Waals surface area contributed by atoms with Crippen LogP contribution in [0.3, 0.4) is 0 Å². The van der Waals surface area contributed by atoms with Crippen LogP contribution in [0.5, 0.6) is 0 Å². The first-order valence-corrected chi connectivity index (χ1v) is 10.3. The van der Waals surface area contributed by atoms with Crippen molar-refractivity contribution in [3.8, 4) is 0 Å². The van der Waals surface area contributed by atoms with Crippen LogP contribution in [0.15, 0.2) is 48.5 Å². The van der Waals surface area contributed by atoms with Gasteiger partial charge in [-0.25, -0.2) is 4.39 Å². The molecule has 0 radical (unpaired) electrons. The Morgan fingerprint density at radius 3 is 2.21 bits per heavy atom. The Kier molecular flexibility index (Phi) is 8.84. The van der Waals surface area contributed by atoms with Crippen molar-refractivity contribution in [1.29, 1.82) is 0 Å². The second kappa shape index (κ2) is 11.3. The highest BCUT2D eigenvalue weighted by molar-refractivity contribution is 5.88. The molecular weight excluding hydrogens is 367 g/mol. The number of amides is 2. The number of halogens is 1. The van der Waals surface area contributed by atoms with E-state index in [1.165, 1.54) is 12.1 Å². The van der Waals surface area contributed by atoms with E-state index in [1.807, 2.05) is 38.1 Å². The van der Waals surface area contributed by atoms with Crippen molar-refractivity contribution in [3.63, 3.8) is 0 Å². The zero-order chi connectivity index (χ0) is 21.2. The van der Waals surface area contributed by atoms with Gasteiger partial charge in [-0.3, -0.25) is 9.59 Å². The summed E-state index contributed by atoms with van der Waals surface area (Å²) in [6, 6.07) is 13.3. The van der Waals surface area contributed by atoms with Crippen molar-refractivity contribution < 1.29 is 14.0 Å². The highest BCUT2D eigenvalue weighted by atomic mass is 19.1. The van der Waals surface area contributed by atoms with Gasteiger partial charge in [0.1, 0.15) is 11.9 Å². The molecule has 5 heteroatoms. The largest absolute Gasteiger partial charge is 0.354 e. The van der Waals surface area contributed by atoms with Gasteiger partial charge in [0.25, 0.3) is 0 Å². The van der Waals surface area contributed by atoms with Crippen LogP contribution in [0.25, 0.3) is 0 Å². The molecule has 0 saturated heterocycles. The van der Waals surface area contributed by atoms with Crippen molar-refractivity contribution in [2.24, 2.45) is 0 Å². The molecule has 0 aromatic heterocycles. The predicted molar refractivity (Wildman–Crippen MR) is 114 cm³/mol. The minimum atomic E-state index is -0.560. The number of carbonyl (C=O) groups is 2. The van der Waals surface area contributed by atoms with Crippen molar-refractivity contribution in [2.75, 3.05) is 6.54 Å². The van der Waals surface area contributed by atoms with Crippen LogP contribution >= 0.6 is 0 Å². The lowest BCUT2D eigenvalue weighted by Gasteiger charge is -2.31. The van der Waals surface area contributed by atoms with Gasteiger partial charge in [-0.05, 0) is 43.0 Å². The molecule has 4 nitrogen and oxygen atoms in total. The van der Waals surface area contributed by atoms with Gasteiger partial charge < -0.3 is 10.2 Å². The van der Waals surface area contributed by atoms with E-state index in [0.29, 0.717) is 13.0 Å². The lowest BCUT2D eigenvalue weighted by Crippen LogP contribution is -2.49. The average Bonchev–Trinajstić information content (AvgIpc) is 2.71. The molecule has 2 rings (SSSR count). The summed E-state index contributed by atoms with van der Waals surface area (Å²) >= 11 is 0. The van der Waals surface area contributed by atoms with Crippen LogP contribution in [0.2, 0.25) is 0 Å². The zero-order valence-electron chi connectivity index (χ0n) is 17.6. The molecule has 0 spiro atoms. The second-order valence-electron chi connectivity index (χ2n) is 7.38. The van der Waals surface area contributed by atoms with Crippen LogP contribution in [0.4, 0.5) is 4.39 Å². The quantitative estimate of drug-likeness (QED) is 0.603. The highest BCUT2D eigenvalue weighted by Gasteiger charge is 2.28. The van der Waals surface area contributed by atoms with E-state index >= 15 is 0 Å². The SMILES string of the molecule is CCCCNC(=O)[C@H](CC)N(Cc1ccc(F)cc1)C(=O)Cc1ccc(C)cc1. The van der Waals surface area contributed by atoms with Crippen LogP contribution in [0.1, 0.15) is 49.8 Å². The summed E-state index contributed by atoms with van der Waals surface area (Å²) in [5.74, 6) is -0.577. The fourth-order valence-electron chi connectivity index (χ4n) is 3.19. The van der Waals surface area contributed by atoms with E-state index in [2.05, 4.69) is 12.2 Å². The average molecular weight is 399 g/mol. The third kappa shape index (κ3) is 7.00. The van der Waals surface area contributed by atoms with Crippen LogP contribution in [0, 0.1) is 12.7 Å². The predicted octanol–water partition coefficient (Wildman–Crippen LogP) is 4.40. The maximum Gasteiger partial charge on any atom is 0.242 e. The highest BCUT2D eigenvalue weighted by Crippen LogP contribution is 2.15. The standard InChI is InChI=1S/C24H31FN2O2/c1-4-6-15-26-24(29)22(5-2)27(17-20-11-13-21(25)14-12-20)23(28)16-19-9-7-18(3)8-10-19/h7-14,22H,4-6,15-17H2,1-3H3,(H,26,29)/t22-/m0/s1. The molecule has 0 bridgehead atoms. The van der Waals surface area contributed by atoms with Crippen molar-refractivity contribution in [3.05, 3.63) is 71.0 Å². The van der Waals surface area contributed by atoms with Crippen molar-refractivity contribution >= 4 is 11.8 Å². The first-order valence-electron chi connectivity index (χ1n) is 10.3. The number of aryl methyl sites for hydroxylation is 1. The number of hydrogen-bond acceptors (Lipinski definition) is 2. The first-order chi connectivity index (χ1) is 13.9. The van der Waals surface area contributed by atoms with Gasteiger partial charge in [0.05, 0.1) is 6.42 Å². The molecule has 0 aliphatic heterocycles. The molecule has 156 valence electrons. The molecule has 0 fully saturated rings. The molecule has 2 amide bonds. The fourth-order valence-corrected chi connectivity index (χ4v) is 3.19. The second-order valence-corrected chi connectivity index (χ2v) is 7.38. The van der Waals surface area contributed by atoms with Gasteiger partial charge in [-0.15, -0.1) is 0 Å². The Morgan fingerprint density at radius 2 is 1.62 bits per heavy atom. The summed E-state index contributed by atoms with van der Waals surface area (Å²) in [4.78, 5) is 27.6. The monoisotopic (exact) mass is 398 g/mol. The number of carbonyl (C=O) groups excluding carboxylic acids is 2. The molecule has 0 aliphatic rings. The molecule has 2 aromatic carbocycles. The van der Waals surface area contributed by atoms with E-state index in [-0.39, 0.29) is 30.6 Å². The number of hydrogen-bond donors (Lipinski definition) is 1. The lowest BCUT2D eigenvalue weighted by atomic mass is 10.1. The van der Waals surface area contributed by atoms with Gasteiger partial charge in [0.2, 0.25) is 11.8 Å². The van der Waals surface area contributed by atoms with Crippen molar-refractivity contribution in [2.45, 2.75) is 59.0 Å². The van der Waals surface area contributed by atoms with Crippen LogP contribution in [-0.2, 0) is 22.6 Å². The number of nitrogens with one attached hydrogen (secondary N) is 1. The number of unbranched alkanes of at least 4 members (excludes halogenated alkanes) is 1. The van der Waals surface area contributed by atoms with E-state index < -0.39 is 6.04 Å². The molecule has 0 saturated carbocycles. The summed E-state index contributed by atoms with van der Waals surface area (Å²) in [6.07, 6.45) is 2.62. The first kappa shape index (κ1) is 22.6. The summed E-state index contributed by atoms with van der Waals surface area (Å²) in [7, 11) is 0. The molecule has 1 N–H and O–H groups in total. The number of nitrogens with zero attached hydrogens (tertiary/aromatic N) is 1. The van der Waals surface area contributed by atoms with Crippen molar-refractivity contribution in [1.82, 2.24) is 10.2 Å². The smallest absolute Gasteiger partial charge is 0.242 e. The summed E-state index contributed by atoms with van der Waals surface area (Å²) in [5, 5.41) is 2.94. The summed E-state index contributed by atoms with van der Waals surface area (Å²) in [6.45, 7) is 6.84. The van der Waals surface area contributed by atoms with Gasteiger partial charge in [0, 0.05) is 13.1 Å². The van der Waals surface area contributed by atoms with Crippen LogP contribution < -0.4 is 5.32 Å². The zero-order valence-corrected chi connectivity index (χ0v) is 17.6. The molecule has 29 heavy (non-hydrogen) atoms. The minimum absolute atomic E-state index is 0.115. The molecule has 0 aliphatic carbocycles. The topological polar surface area (TPSA) is 49.4 Å². The lowest BCUT2D eigenvalue weighted by molar-refractivity contribution is -0.140. The van der Waals surface area contributed by atoms with Gasteiger partial charge in [0.15, 0.2) is 0 Å². The van der Waals surface area contributed by atoms with E-state index in [9.17, 15) is 14.0 Å². The third-order valence-electron chi connectivity index (χ3n) is 4.96. The maximum atomic E-state index is 13.3. The maximum absolute atomic E-state index is 13.3. The Bertz CT molecular complexity index is 788. The van der Waals surface area contributed by atoms with Gasteiger partial charge >= 0.3 is 0 Å². The Labute approximate surface area is 173 Å². The Morgan fingerprint density at radius 1 is 1.00 bits per heavy atom. The van der Waals surface area contributed by atoms with E-state index in [0.717, 1.165) is 29.5 Å². The third-order valence-corrected chi connectivity index (χ3v) is 4.96. The van der Waals surface area contributed by atoms with E-state index in [4.69, 9.17) is 0 Å². The number of rotatable bonds is 10. The Hall–Kier alpha value is -2.69. The molecule has 2 aromatic rings. The molecular formula is C24H31FN2O2. The molecule has 1 atom stereocenters. The molecule has 0 heterocycles. The van der Waals surface area contributed by atoms with Gasteiger partial charge in [-0.1, -0.05) is 62.2 Å². The van der Waals surface area contributed by atoms with Gasteiger partial charge in [-0.2, -0.15) is 0 Å². The summed E-state index contributed by atoms with van der Waals surface area (Å²) < 4.78 is 13.3. The number of benzene rings is 2. The minimum Gasteiger partial charge on any atom is -0.354 e. The molecule has 0 unspecified atom stereocenters. The Balaban J connectivity index is 2.22.